The first kappa shape index (κ1) is 18.2. The molecule has 5 nitrogen and oxygen atoms in total. The van der Waals surface area contributed by atoms with Crippen LogP contribution in [0, 0.1) is 23.2 Å². The molecule has 4 bridgehead atoms. The van der Waals surface area contributed by atoms with Gasteiger partial charge in [0.2, 0.25) is 5.91 Å². The van der Waals surface area contributed by atoms with E-state index in [1.165, 1.54) is 50.3 Å². The molecule has 0 atom stereocenters. The van der Waals surface area contributed by atoms with Gasteiger partial charge in [0.1, 0.15) is 0 Å². The number of nitrogens with zero attached hydrogens (tertiary/aromatic N) is 3. The molecule has 28 heavy (non-hydrogen) atoms. The Morgan fingerprint density at radius 3 is 2.39 bits per heavy atom. The van der Waals surface area contributed by atoms with Gasteiger partial charge in [-0.05, 0) is 61.7 Å². The topological polar surface area (TPSA) is 59.8 Å². The minimum absolute atomic E-state index is 0.116. The van der Waals surface area contributed by atoms with Gasteiger partial charge < -0.3 is 9.88 Å². The number of carbonyl (C=O) groups excluding carboxylic acids is 1. The van der Waals surface area contributed by atoms with Gasteiger partial charge in [0.15, 0.2) is 11.0 Å². The Bertz CT molecular complexity index is 827. The summed E-state index contributed by atoms with van der Waals surface area (Å²) in [5, 5.41) is 12.6. The van der Waals surface area contributed by atoms with Crippen LogP contribution in [0.4, 0.5) is 0 Å². The third-order valence-corrected chi connectivity index (χ3v) is 8.05. The Morgan fingerprint density at radius 1 is 1.11 bits per heavy atom. The summed E-state index contributed by atoms with van der Waals surface area (Å²) in [7, 11) is 1.96. The maximum Gasteiger partial charge on any atom is 0.230 e. The summed E-state index contributed by atoms with van der Waals surface area (Å²) < 4.78 is 1.96. The van der Waals surface area contributed by atoms with E-state index in [-0.39, 0.29) is 5.91 Å². The Hall–Kier alpha value is -1.82. The summed E-state index contributed by atoms with van der Waals surface area (Å²) in [6, 6.07) is 10.0. The van der Waals surface area contributed by atoms with Crippen molar-refractivity contribution in [1.82, 2.24) is 20.1 Å². The zero-order valence-corrected chi connectivity index (χ0v) is 17.3. The van der Waals surface area contributed by atoms with E-state index in [1.54, 1.807) is 0 Å². The van der Waals surface area contributed by atoms with Gasteiger partial charge in [-0.2, -0.15) is 0 Å². The molecule has 2 aromatic rings. The molecule has 0 unspecified atom stereocenters. The normalized spacial score (nSPS) is 30.5. The fourth-order valence-electron chi connectivity index (χ4n) is 6.25. The molecule has 4 aliphatic rings. The predicted molar refractivity (Wildman–Crippen MR) is 111 cm³/mol. The molecule has 6 heteroatoms. The zero-order valence-electron chi connectivity index (χ0n) is 16.4. The summed E-state index contributed by atoms with van der Waals surface area (Å²) in [5.41, 5.74) is 1.43. The van der Waals surface area contributed by atoms with Gasteiger partial charge in [0.25, 0.3) is 0 Å². The summed E-state index contributed by atoms with van der Waals surface area (Å²) >= 11 is 1.46. The summed E-state index contributed by atoms with van der Waals surface area (Å²) in [5.74, 6) is 4.11. The molecule has 4 aliphatic carbocycles. The Labute approximate surface area is 170 Å². The number of benzene rings is 1. The van der Waals surface area contributed by atoms with Crippen molar-refractivity contribution in [3.63, 3.8) is 0 Å². The van der Waals surface area contributed by atoms with Crippen LogP contribution in [-0.2, 0) is 11.8 Å². The molecule has 0 saturated heterocycles. The fourth-order valence-corrected chi connectivity index (χ4v) is 6.99. The number of nitrogens with one attached hydrogen (secondary N) is 1. The van der Waals surface area contributed by atoms with Crippen molar-refractivity contribution in [3.8, 4) is 11.4 Å². The average molecular weight is 397 g/mol. The molecule has 4 fully saturated rings. The van der Waals surface area contributed by atoms with Crippen LogP contribution in [0.3, 0.4) is 0 Å². The highest BCUT2D eigenvalue weighted by atomic mass is 32.2. The summed E-state index contributed by atoms with van der Waals surface area (Å²) in [4.78, 5) is 12.5. The minimum Gasteiger partial charge on any atom is -0.355 e. The first-order valence-electron chi connectivity index (χ1n) is 10.4. The first-order chi connectivity index (χ1) is 13.6. The highest BCUT2D eigenvalue weighted by Crippen LogP contribution is 2.59. The van der Waals surface area contributed by atoms with Crippen molar-refractivity contribution in [3.05, 3.63) is 30.3 Å². The van der Waals surface area contributed by atoms with E-state index in [1.807, 2.05) is 41.9 Å². The second-order valence-corrected chi connectivity index (χ2v) is 10.2. The quantitative estimate of drug-likeness (QED) is 0.752. The van der Waals surface area contributed by atoms with Crippen molar-refractivity contribution in [2.75, 3.05) is 12.3 Å². The second kappa shape index (κ2) is 7.21. The second-order valence-electron chi connectivity index (χ2n) is 9.21. The van der Waals surface area contributed by atoms with E-state index >= 15 is 0 Å². The van der Waals surface area contributed by atoms with E-state index in [0.29, 0.717) is 11.2 Å². The van der Waals surface area contributed by atoms with E-state index in [2.05, 4.69) is 15.5 Å². The monoisotopic (exact) mass is 396 g/mol. The SMILES string of the molecule is Cn1c(SCC(=O)NCC23CC4CC(CC(C4)C2)C3)nnc1-c1ccccc1. The highest BCUT2D eigenvalue weighted by molar-refractivity contribution is 7.99. The number of aromatic nitrogens is 3. The Morgan fingerprint density at radius 2 is 1.75 bits per heavy atom. The average Bonchev–Trinajstić information content (AvgIpc) is 3.05. The number of thioether (sulfide) groups is 1. The van der Waals surface area contributed by atoms with Crippen molar-refractivity contribution in [2.24, 2.45) is 30.2 Å². The van der Waals surface area contributed by atoms with Gasteiger partial charge >= 0.3 is 0 Å². The number of rotatable bonds is 6. The molecule has 6 rings (SSSR count). The van der Waals surface area contributed by atoms with Crippen LogP contribution in [0.2, 0.25) is 0 Å². The Kier molecular flexibility index (Phi) is 4.69. The van der Waals surface area contributed by atoms with E-state index in [9.17, 15) is 4.79 Å². The van der Waals surface area contributed by atoms with Crippen molar-refractivity contribution in [2.45, 2.75) is 43.7 Å². The van der Waals surface area contributed by atoms with Crippen LogP contribution < -0.4 is 5.32 Å². The molecular formula is C22H28N4OS. The molecule has 1 aromatic carbocycles. The number of hydrogen-bond acceptors (Lipinski definition) is 4. The van der Waals surface area contributed by atoms with Gasteiger partial charge in [-0.3, -0.25) is 4.79 Å². The minimum atomic E-state index is 0.116. The maximum absolute atomic E-state index is 12.5. The van der Waals surface area contributed by atoms with E-state index in [0.717, 1.165) is 40.8 Å². The molecule has 148 valence electrons. The predicted octanol–water partition coefficient (Wildman–Crippen LogP) is 3.91. The standard InChI is InChI=1S/C22H28N4OS/c1-26-20(18-5-3-2-4-6-18)24-25-21(26)28-13-19(27)23-14-22-10-15-7-16(11-22)9-17(8-15)12-22/h2-6,15-17H,7-14H2,1H3,(H,23,27). The van der Waals surface area contributed by atoms with Gasteiger partial charge in [-0.15, -0.1) is 10.2 Å². The summed E-state index contributed by atoms with van der Waals surface area (Å²) in [6.07, 6.45) is 8.32. The molecule has 1 amide bonds. The summed E-state index contributed by atoms with van der Waals surface area (Å²) in [6.45, 7) is 0.865. The van der Waals surface area contributed by atoms with Crippen LogP contribution >= 0.6 is 11.8 Å². The van der Waals surface area contributed by atoms with Gasteiger partial charge in [0, 0.05) is 19.2 Å². The van der Waals surface area contributed by atoms with Gasteiger partial charge in [-0.25, -0.2) is 0 Å². The molecule has 0 aliphatic heterocycles. The smallest absolute Gasteiger partial charge is 0.230 e. The molecule has 1 N–H and O–H groups in total. The van der Waals surface area contributed by atoms with Crippen LogP contribution in [0.5, 0.6) is 0 Å². The number of hydrogen-bond donors (Lipinski definition) is 1. The lowest BCUT2D eigenvalue weighted by atomic mass is 9.49. The molecule has 0 radical (unpaired) electrons. The van der Waals surface area contributed by atoms with Crippen molar-refractivity contribution < 1.29 is 4.79 Å². The van der Waals surface area contributed by atoms with E-state index in [4.69, 9.17) is 0 Å². The molecule has 1 aromatic heterocycles. The lowest BCUT2D eigenvalue weighted by Gasteiger charge is -2.56. The molecule has 0 spiro atoms. The van der Waals surface area contributed by atoms with Gasteiger partial charge in [-0.1, -0.05) is 42.1 Å². The maximum atomic E-state index is 12.5. The first-order valence-corrected chi connectivity index (χ1v) is 11.4. The third-order valence-electron chi connectivity index (χ3n) is 7.02. The van der Waals surface area contributed by atoms with Crippen molar-refractivity contribution >= 4 is 17.7 Å². The largest absolute Gasteiger partial charge is 0.355 e. The lowest BCUT2D eigenvalue weighted by molar-refractivity contribution is -0.120. The van der Waals surface area contributed by atoms with Crippen molar-refractivity contribution in [1.29, 1.82) is 0 Å². The van der Waals surface area contributed by atoms with Crippen LogP contribution in [0.15, 0.2) is 35.5 Å². The molecule has 1 heterocycles. The van der Waals surface area contributed by atoms with E-state index < -0.39 is 0 Å². The number of carbonyl (C=O) groups is 1. The number of amides is 1. The van der Waals surface area contributed by atoms with Crippen LogP contribution in [0.25, 0.3) is 11.4 Å². The van der Waals surface area contributed by atoms with Crippen LogP contribution in [-0.4, -0.2) is 33.0 Å². The lowest BCUT2D eigenvalue weighted by Crippen LogP contribution is -2.51. The third kappa shape index (κ3) is 3.47. The molecule has 4 saturated carbocycles. The highest BCUT2D eigenvalue weighted by Gasteiger charge is 2.50. The zero-order chi connectivity index (χ0) is 19.1. The van der Waals surface area contributed by atoms with Crippen LogP contribution in [0.1, 0.15) is 38.5 Å². The van der Waals surface area contributed by atoms with Gasteiger partial charge in [0.05, 0.1) is 5.75 Å². The molecular weight excluding hydrogens is 368 g/mol. The fraction of sp³-hybridized carbons (Fsp3) is 0.591. The Balaban J connectivity index is 1.16.